The zero-order chi connectivity index (χ0) is 14.1. The first-order chi connectivity index (χ1) is 9.10. The SMILES string of the molecule is CCC(C#N)S(=O)(=O)NCCNC1CCCCCC1. The van der Waals surface area contributed by atoms with Gasteiger partial charge in [0.15, 0.2) is 5.25 Å². The van der Waals surface area contributed by atoms with Gasteiger partial charge >= 0.3 is 0 Å². The van der Waals surface area contributed by atoms with Crippen molar-refractivity contribution in [1.82, 2.24) is 10.0 Å². The van der Waals surface area contributed by atoms with Gasteiger partial charge in [0.1, 0.15) is 0 Å². The number of rotatable bonds is 7. The molecule has 19 heavy (non-hydrogen) atoms. The molecule has 0 saturated heterocycles. The van der Waals surface area contributed by atoms with Crippen LogP contribution in [0.3, 0.4) is 0 Å². The van der Waals surface area contributed by atoms with E-state index in [4.69, 9.17) is 5.26 Å². The molecule has 110 valence electrons. The number of nitriles is 1. The van der Waals surface area contributed by atoms with Gasteiger partial charge in [-0.25, -0.2) is 13.1 Å². The first-order valence-corrected chi connectivity index (χ1v) is 8.76. The minimum atomic E-state index is -3.48. The van der Waals surface area contributed by atoms with Crippen LogP contribution >= 0.6 is 0 Å². The van der Waals surface area contributed by atoms with Crippen LogP contribution < -0.4 is 10.0 Å². The van der Waals surface area contributed by atoms with Gasteiger partial charge in [-0.15, -0.1) is 0 Å². The summed E-state index contributed by atoms with van der Waals surface area (Å²) in [6.07, 6.45) is 7.83. The number of hydrogen-bond acceptors (Lipinski definition) is 4. The van der Waals surface area contributed by atoms with Crippen molar-refractivity contribution >= 4 is 10.0 Å². The Kier molecular flexibility index (Phi) is 7.36. The highest BCUT2D eigenvalue weighted by molar-refractivity contribution is 7.90. The Hall–Kier alpha value is -0.640. The van der Waals surface area contributed by atoms with Crippen LogP contribution in [-0.4, -0.2) is 32.8 Å². The highest BCUT2D eigenvalue weighted by Gasteiger charge is 2.22. The van der Waals surface area contributed by atoms with Gasteiger partial charge in [-0.05, 0) is 19.3 Å². The molecule has 5 nitrogen and oxygen atoms in total. The van der Waals surface area contributed by atoms with Crippen molar-refractivity contribution in [3.63, 3.8) is 0 Å². The zero-order valence-corrected chi connectivity index (χ0v) is 12.5. The second-order valence-electron chi connectivity index (χ2n) is 5.11. The van der Waals surface area contributed by atoms with Gasteiger partial charge in [0.25, 0.3) is 0 Å². The summed E-state index contributed by atoms with van der Waals surface area (Å²) in [5.74, 6) is 0. The van der Waals surface area contributed by atoms with Crippen molar-refractivity contribution < 1.29 is 8.42 Å². The molecular formula is C13H25N3O2S. The van der Waals surface area contributed by atoms with Crippen LogP contribution in [0.5, 0.6) is 0 Å². The molecule has 0 amide bonds. The minimum absolute atomic E-state index is 0.321. The van der Waals surface area contributed by atoms with Crippen molar-refractivity contribution in [1.29, 1.82) is 5.26 Å². The zero-order valence-electron chi connectivity index (χ0n) is 11.7. The lowest BCUT2D eigenvalue weighted by molar-refractivity contribution is 0.461. The van der Waals surface area contributed by atoms with Crippen LogP contribution in [0.2, 0.25) is 0 Å². The van der Waals surface area contributed by atoms with E-state index in [1.54, 1.807) is 6.92 Å². The van der Waals surface area contributed by atoms with Gasteiger partial charge < -0.3 is 5.32 Å². The van der Waals surface area contributed by atoms with Gasteiger partial charge in [-0.2, -0.15) is 5.26 Å². The van der Waals surface area contributed by atoms with Crippen molar-refractivity contribution in [3.8, 4) is 6.07 Å². The molecule has 0 aromatic carbocycles. The minimum Gasteiger partial charge on any atom is -0.313 e. The molecule has 1 rings (SSSR count). The summed E-state index contributed by atoms with van der Waals surface area (Å²) in [6.45, 7) is 2.69. The highest BCUT2D eigenvalue weighted by atomic mass is 32.2. The van der Waals surface area contributed by atoms with Gasteiger partial charge in [0, 0.05) is 19.1 Å². The summed E-state index contributed by atoms with van der Waals surface area (Å²) in [6, 6.07) is 2.34. The van der Waals surface area contributed by atoms with E-state index in [1.165, 1.54) is 38.5 Å². The van der Waals surface area contributed by atoms with Crippen molar-refractivity contribution in [2.24, 2.45) is 0 Å². The lowest BCUT2D eigenvalue weighted by Crippen LogP contribution is -2.40. The number of sulfonamides is 1. The second kappa shape index (κ2) is 8.51. The molecule has 1 aliphatic rings. The maximum Gasteiger partial charge on any atom is 0.228 e. The molecule has 0 heterocycles. The molecule has 6 heteroatoms. The molecule has 0 aromatic heterocycles. The largest absolute Gasteiger partial charge is 0.313 e. The third-order valence-electron chi connectivity index (χ3n) is 3.61. The summed E-state index contributed by atoms with van der Waals surface area (Å²) < 4.78 is 26.0. The maximum atomic E-state index is 11.7. The average molecular weight is 287 g/mol. The Labute approximate surface area is 116 Å². The third-order valence-corrected chi connectivity index (χ3v) is 5.40. The van der Waals surface area contributed by atoms with Crippen molar-refractivity contribution in [2.75, 3.05) is 13.1 Å². The lowest BCUT2D eigenvalue weighted by atomic mass is 10.1. The normalized spacial score (nSPS) is 19.6. The fourth-order valence-electron chi connectivity index (χ4n) is 2.43. The molecular weight excluding hydrogens is 262 g/mol. The third kappa shape index (κ3) is 5.89. The smallest absolute Gasteiger partial charge is 0.228 e. The van der Waals surface area contributed by atoms with Gasteiger partial charge in [0.2, 0.25) is 10.0 Å². The second-order valence-corrected chi connectivity index (χ2v) is 7.06. The Morgan fingerprint density at radius 1 is 1.21 bits per heavy atom. The summed E-state index contributed by atoms with van der Waals surface area (Å²) in [7, 11) is -3.48. The molecule has 0 bridgehead atoms. The van der Waals surface area contributed by atoms with Crippen molar-refractivity contribution in [2.45, 2.75) is 63.2 Å². The maximum absolute atomic E-state index is 11.7. The van der Waals surface area contributed by atoms with E-state index in [9.17, 15) is 8.42 Å². The van der Waals surface area contributed by atoms with Crippen LogP contribution in [0.15, 0.2) is 0 Å². The number of hydrogen-bond donors (Lipinski definition) is 2. The molecule has 1 atom stereocenters. The van der Waals surface area contributed by atoms with E-state index >= 15 is 0 Å². The molecule has 1 aliphatic carbocycles. The molecule has 0 radical (unpaired) electrons. The van der Waals surface area contributed by atoms with E-state index in [1.807, 2.05) is 6.07 Å². The Morgan fingerprint density at radius 3 is 2.37 bits per heavy atom. The summed E-state index contributed by atoms with van der Waals surface area (Å²) in [5.41, 5.74) is 0. The first kappa shape index (κ1) is 16.4. The molecule has 0 aromatic rings. The molecule has 1 unspecified atom stereocenters. The monoisotopic (exact) mass is 287 g/mol. The molecule has 2 N–H and O–H groups in total. The quantitative estimate of drug-likeness (QED) is 0.549. The topological polar surface area (TPSA) is 82.0 Å². The van der Waals surface area contributed by atoms with E-state index in [0.717, 1.165) is 0 Å². The van der Waals surface area contributed by atoms with E-state index in [-0.39, 0.29) is 0 Å². The standard InChI is InChI=1S/C13H25N3O2S/c1-2-13(11-14)19(17,18)16-10-9-15-12-7-5-3-4-6-8-12/h12-13,15-16H,2-10H2,1H3. The predicted molar refractivity (Wildman–Crippen MR) is 76.1 cm³/mol. The molecule has 0 aliphatic heterocycles. The first-order valence-electron chi connectivity index (χ1n) is 7.21. The fourth-order valence-corrected chi connectivity index (χ4v) is 3.60. The van der Waals surface area contributed by atoms with Crippen LogP contribution in [0.1, 0.15) is 51.9 Å². The predicted octanol–water partition coefficient (Wildman–Crippen LogP) is 1.52. The number of nitrogens with zero attached hydrogens (tertiary/aromatic N) is 1. The molecule has 0 spiro atoms. The van der Waals surface area contributed by atoms with Crippen LogP contribution in [-0.2, 0) is 10.0 Å². The van der Waals surface area contributed by atoms with Gasteiger partial charge in [0.05, 0.1) is 6.07 Å². The Morgan fingerprint density at radius 2 is 1.84 bits per heavy atom. The van der Waals surface area contributed by atoms with E-state index in [2.05, 4.69) is 10.0 Å². The summed E-state index contributed by atoms with van der Waals surface area (Å²) >= 11 is 0. The highest BCUT2D eigenvalue weighted by Crippen LogP contribution is 2.16. The van der Waals surface area contributed by atoms with Crippen LogP contribution in [0, 0.1) is 11.3 Å². The van der Waals surface area contributed by atoms with Crippen molar-refractivity contribution in [3.05, 3.63) is 0 Å². The Bertz CT molecular complexity index is 381. The van der Waals surface area contributed by atoms with Gasteiger partial charge in [-0.1, -0.05) is 32.6 Å². The Balaban J connectivity index is 2.24. The summed E-state index contributed by atoms with van der Waals surface area (Å²) in [4.78, 5) is 0. The summed E-state index contributed by atoms with van der Waals surface area (Å²) in [5, 5.41) is 11.2. The van der Waals surface area contributed by atoms with Crippen LogP contribution in [0.4, 0.5) is 0 Å². The van der Waals surface area contributed by atoms with Crippen LogP contribution in [0.25, 0.3) is 0 Å². The van der Waals surface area contributed by atoms with E-state index < -0.39 is 15.3 Å². The molecule has 1 saturated carbocycles. The lowest BCUT2D eigenvalue weighted by Gasteiger charge is -2.16. The fraction of sp³-hybridized carbons (Fsp3) is 0.923. The average Bonchev–Trinajstić information content (AvgIpc) is 2.64. The number of nitrogens with one attached hydrogen (secondary N) is 2. The van der Waals surface area contributed by atoms with Gasteiger partial charge in [-0.3, -0.25) is 0 Å². The van der Waals surface area contributed by atoms with E-state index in [0.29, 0.717) is 25.6 Å². The molecule has 1 fully saturated rings.